The van der Waals surface area contributed by atoms with Crippen LogP contribution in [0.15, 0.2) is 45.7 Å². The van der Waals surface area contributed by atoms with Crippen molar-refractivity contribution >= 4 is 38.6 Å². The number of halogens is 3. The molecule has 6 heteroatoms. The molecule has 2 N–H and O–H groups in total. The van der Waals surface area contributed by atoms with Crippen molar-refractivity contribution in [1.82, 2.24) is 9.97 Å². The molecule has 0 amide bonds. The van der Waals surface area contributed by atoms with Crippen LogP contribution in [0.3, 0.4) is 0 Å². The van der Waals surface area contributed by atoms with Crippen molar-refractivity contribution in [2.24, 2.45) is 0 Å². The normalized spacial score (nSPS) is 12.8. The minimum atomic E-state index is -0.496. The molecular weight excluding hydrogens is 347 g/mol. The minimum Gasteiger partial charge on any atom is -0.306 e. The number of imidazole rings is 1. The highest BCUT2D eigenvalue weighted by Gasteiger charge is 2.13. The third-order valence-electron chi connectivity index (χ3n) is 3.01. The molecule has 3 nitrogen and oxygen atoms in total. The largest absolute Gasteiger partial charge is 0.323 e. The smallest absolute Gasteiger partial charge is 0.306 e. The van der Waals surface area contributed by atoms with Crippen molar-refractivity contribution in [3.05, 3.63) is 68.3 Å². The summed E-state index contributed by atoms with van der Waals surface area (Å²) >= 11 is 9.64. The standard InChI is InChI=1S/C14H9BrClFN2O/c15-9-3-8(4-10(17)6-9)13(16)7-1-2-11-12(5-7)19-14(20)18-11/h1-6,13H,(H2,18,19,20). The predicted molar refractivity (Wildman–Crippen MR) is 80.7 cm³/mol. The first-order valence-electron chi connectivity index (χ1n) is 5.85. The van der Waals surface area contributed by atoms with Crippen LogP contribution in [0.1, 0.15) is 16.5 Å². The molecule has 2 aromatic carbocycles. The van der Waals surface area contributed by atoms with Crippen LogP contribution < -0.4 is 5.69 Å². The molecule has 0 fully saturated rings. The maximum atomic E-state index is 13.4. The summed E-state index contributed by atoms with van der Waals surface area (Å²) in [7, 11) is 0. The van der Waals surface area contributed by atoms with Crippen molar-refractivity contribution in [1.29, 1.82) is 0 Å². The Labute approximate surface area is 126 Å². The molecule has 1 aromatic heterocycles. The van der Waals surface area contributed by atoms with Gasteiger partial charge in [-0.2, -0.15) is 0 Å². The van der Waals surface area contributed by atoms with Crippen LogP contribution in [0.4, 0.5) is 4.39 Å². The number of aromatic amines is 2. The average molecular weight is 356 g/mol. The van der Waals surface area contributed by atoms with Crippen molar-refractivity contribution < 1.29 is 4.39 Å². The molecule has 3 rings (SSSR count). The van der Waals surface area contributed by atoms with E-state index in [-0.39, 0.29) is 11.5 Å². The molecule has 0 saturated heterocycles. The number of hydrogen-bond acceptors (Lipinski definition) is 1. The molecule has 3 aromatic rings. The SMILES string of the molecule is O=c1[nH]c2ccc(C(Cl)c3cc(F)cc(Br)c3)cc2[nH]1. The number of nitrogens with one attached hydrogen (secondary N) is 2. The van der Waals surface area contributed by atoms with Gasteiger partial charge < -0.3 is 9.97 Å². The van der Waals surface area contributed by atoms with Gasteiger partial charge in [-0.05, 0) is 41.5 Å². The predicted octanol–water partition coefficient (Wildman–Crippen LogP) is 4.09. The van der Waals surface area contributed by atoms with Crippen molar-refractivity contribution in [3.8, 4) is 0 Å². The molecule has 0 radical (unpaired) electrons. The van der Waals surface area contributed by atoms with E-state index in [9.17, 15) is 9.18 Å². The van der Waals surface area contributed by atoms with Gasteiger partial charge in [0.05, 0.1) is 16.4 Å². The zero-order valence-corrected chi connectivity index (χ0v) is 12.4. The molecule has 1 unspecified atom stereocenters. The molecular formula is C14H9BrClFN2O. The van der Waals surface area contributed by atoms with Gasteiger partial charge >= 0.3 is 5.69 Å². The van der Waals surface area contributed by atoms with Crippen LogP contribution >= 0.6 is 27.5 Å². The third-order valence-corrected chi connectivity index (χ3v) is 3.97. The lowest BCUT2D eigenvalue weighted by atomic mass is 10.0. The Kier molecular flexibility index (Phi) is 3.40. The van der Waals surface area contributed by atoms with Gasteiger partial charge in [-0.1, -0.05) is 22.0 Å². The molecule has 0 saturated carbocycles. The van der Waals surface area contributed by atoms with E-state index in [1.54, 1.807) is 18.2 Å². The monoisotopic (exact) mass is 354 g/mol. The van der Waals surface area contributed by atoms with E-state index in [0.29, 0.717) is 21.1 Å². The Morgan fingerprint density at radius 2 is 1.80 bits per heavy atom. The summed E-state index contributed by atoms with van der Waals surface area (Å²) < 4.78 is 14.1. The van der Waals surface area contributed by atoms with Crippen LogP contribution in [-0.2, 0) is 0 Å². The van der Waals surface area contributed by atoms with E-state index in [1.807, 2.05) is 6.07 Å². The van der Waals surface area contributed by atoms with Crippen LogP contribution in [0.2, 0.25) is 0 Å². The van der Waals surface area contributed by atoms with Gasteiger partial charge in [0, 0.05) is 4.47 Å². The highest BCUT2D eigenvalue weighted by Crippen LogP contribution is 2.32. The lowest BCUT2D eigenvalue weighted by Gasteiger charge is -2.11. The van der Waals surface area contributed by atoms with Gasteiger partial charge in [-0.15, -0.1) is 11.6 Å². The fourth-order valence-electron chi connectivity index (χ4n) is 2.12. The van der Waals surface area contributed by atoms with Crippen LogP contribution in [0, 0.1) is 5.82 Å². The lowest BCUT2D eigenvalue weighted by Crippen LogP contribution is -1.99. The molecule has 0 aliphatic heterocycles. The zero-order valence-electron chi connectivity index (χ0n) is 10.1. The van der Waals surface area contributed by atoms with E-state index in [1.165, 1.54) is 12.1 Å². The quantitative estimate of drug-likeness (QED) is 0.668. The molecule has 0 bridgehead atoms. The number of aromatic nitrogens is 2. The second-order valence-corrected chi connectivity index (χ2v) is 5.80. The molecule has 102 valence electrons. The average Bonchev–Trinajstić information content (AvgIpc) is 2.75. The van der Waals surface area contributed by atoms with E-state index < -0.39 is 5.38 Å². The van der Waals surface area contributed by atoms with Gasteiger partial charge in [0.1, 0.15) is 5.82 Å². The Balaban J connectivity index is 2.06. The molecule has 1 heterocycles. The van der Waals surface area contributed by atoms with Gasteiger partial charge in [0.25, 0.3) is 0 Å². The number of hydrogen-bond donors (Lipinski definition) is 2. The summed E-state index contributed by atoms with van der Waals surface area (Å²) in [5.74, 6) is -0.351. The number of H-pyrrole nitrogens is 2. The highest BCUT2D eigenvalue weighted by atomic mass is 79.9. The minimum absolute atomic E-state index is 0.267. The van der Waals surface area contributed by atoms with Crippen molar-refractivity contribution in [2.45, 2.75) is 5.38 Å². The summed E-state index contributed by atoms with van der Waals surface area (Å²) in [5, 5.41) is -0.496. The first-order chi connectivity index (χ1) is 9.52. The Morgan fingerprint density at radius 3 is 2.55 bits per heavy atom. The molecule has 0 aliphatic carbocycles. The zero-order chi connectivity index (χ0) is 14.3. The molecule has 0 aliphatic rings. The van der Waals surface area contributed by atoms with Gasteiger partial charge in [0.15, 0.2) is 0 Å². The maximum Gasteiger partial charge on any atom is 0.323 e. The third kappa shape index (κ3) is 2.51. The lowest BCUT2D eigenvalue weighted by molar-refractivity contribution is 0.625. The number of fused-ring (bicyclic) bond motifs is 1. The number of alkyl halides is 1. The summed E-state index contributed by atoms with van der Waals surface area (Å²) in [6.45, 7) is 0. The van der Waals surface area contributed by atoms with Crippen molar-refractivity contribution in [3.63, 3.8) is 0 Å². The molecule has 0 spiro atoms. The number of rotatable bonds is 2. The van der Waals surface area contributed by atoms with Crippen LogP contribution in [0.5, 0.6) is 0 Å². The Hall–Kier alpha value is -1.59. The summed E-state index contributed by atoms with van der Waals surface area (Å²) in [5.41, 5.74) is 2.55. The second kappa shape index (κ2) is 5.07. The fourth-order valence-corrected chi connectivity index (χ4v) is 2.87. The Bertz CT molecular complexity index is 822. The highest BCUT2D eigenvalue weighted by molar-refractivity contribution is 9.10. The first-order valence-corrected chi connectivity index (χ1v) is 7.08. The molecule has 1 atom stereocenters. The van der Waals surface area contributed by atoms with Gasteiger partial charge in [-0.25, -0.2) is 9.18 Å². The van der Waals surface area contributed by atoms with Crippen LogP contribution in [-0.4, -0.2) is 9.97 Å². The van der Waals surface area contributed by atoms with E-state index in [2.05, 4.69) is 25.9 Å². The fraction of sp³-hybridized carbons (Fsp3) is 0.0714. The summed E-state index contributed by atoms with van der Waals surface area (Å²) in [6.07, 6.45) is 0. The summed E-state index contributed by atoms with van der Waals surface area (Å²) in [4.78, 5) is 16.6. The van der Waals surface area contributed by atoms with Gasteiger partial charge in [-0.3, -0.25) is 0 Å². The second-order valence-electron chi connectivity index (χ2n) is 4.45. The van der Waals surface area contributed by atoms with E-state index >= 15 is 0 Å². The van der Waals surface area contributed by atoms with E-state index in [0.717, 1.165) is 5.56 Å². The Morgan fingerprint density at radius 1 is 1.05 bits per heavy atom. The number of benzene rings is 2. The molecule has 20 heavy (non-hydrogen) atoms. The first kappa shape index (κ1) is 13.4. The van der Waals surface area contributed by atoms with Crippen molar-refractivity contribution in [2.75, 3.05) is 0 Å². The van der Waals surface area contributed by atoms with E-state index in [4.69, 9.17) is 11.6 Å². The maximum absolute atomic E-state index is 13.4. The van der Waals surface area contributed by atoms with Crippen LogP contribution in [0.25, 0.3) is 11.0 Å². The topological polar surface area (TPSA) is 48.6 Å². The summed E-state index contributed by atoms with van der Waals surface area (Å²) in [6, 6.07) is 9.90. The van der Waals surface area contributed by atoms with Gasteiger partial charge in [0.2, 0.25) is 0 Å².